The van der Waals surface area contributed by atoms with Gasteiger partial charge in [0.05, 0.1) is 7.11 Å². The molecule has 5 nitrogen and oxygen atoms in total. The molecular weight excluding hydrogens is 338 g/mol. The zero-order valence-corrected chi connectivity index (χ0v) is 16.4. The number of methoxy groups -OCH3 is 1. The van der Waals surface area contributed by atoms with E-state index in [1.54, 1.807) is 7.11 Å². The minimum absolute atomic E-state index is 0.0326. The first kappa shape index (κ1) is 19.2. The minimum Gasteiger partial charge on any atom is -0.497 e. The predicted octanol–water partition coefficient (Wildman–Crippen LogP) is 4.17. The quantitative estimate of drug-likeness (QED) is 0.833. The Morgan fingerprint density at radius 2 is 1.96 bits per heavy atom. The van der Waals surface area contributed by atoms with Gasteiger partial charge in [0.25, 0.3) is 0 Å². The number of nitrogens with one attached hydrogen (secondary N) is 1. The Kier molecular flexibility index (Phi) is 6.35. The molecule has 2 aromatic rings. The third-order valence-corrected chi connectivity index (χ3v) is 5.15. The van der Waals surface area contributed by atoms with Crippen LogP contribution in [0.3, 0.4) is 0 Å². The Hall–Kier alpha value is -2.53. The van der Waals surface area contributed by atoms with Crippen molar-refractivity contribution in [2.45, 2.75) is 13.3 Å². The van der Waals surface area contributed by atoms with Gasteiger partial charge in [-0.25, -0.2) is 4.79 Å². The number of urea groups is 1. The summed E-state index contributed by atoms with van der Waals surface area (Å²) in [6.07, 6.45) is 1.16. The van der Waals surface area contributed by atoms with E-state index in [1.165, 1.54) is 0 Å². The van der Waals surface area contributed by atoms with Crippen LogP contribution in [0, 0.1) is 5.92 Å². The van der Waals surface area contributed by atoms with E-state index in [4.69, 9.17) is 4.74 Å². The van der Waals surface area contributed by atoms with Crippen molar-refractivity contribution in [2.24, 2.45) is 5.92 Å². The zero-order chi connectivity index (χ0) is 19.2. The number of amides is 2. The number of ether oxygens (including phenoxy) is 1. The number of carbonyl (C=O) groups is 1. The van der Waals surface area contributed by atoms with E-state index in [9.17, 15) is 4.79 Å². The van der Waals surface area contributed by atoms with Gasteiger partial charge in [0.1, 0.15) is 5.75 Å². The van der Waals surface area contributed by atoms with Crippen molar-refractivity contribution < 1.29 is 9.53 Å². The van der Waals surface area contributed by atoms with Gasteiger partial charge >= 0.3 is 6.03 Å². The van der Waals surface area contributed by atoms with Crippen LogP contribution < -0.4 is 10.1 Å². The average Bonchev–Trinajstić information content (AvgIpc) is 3.11. The summed E-state index contributed by atoms with van der Waals surface area (Å²) in [5.74, 6) is 1.38. The largest absolute Gasteiger partial charge is 0.497 e. The van der Waals surface area contributed by atoms with Crippen LogP contribution in [0.2, 0.25) is 0 Å². The number of hydrogen-bond acceptors (Lipinski definition) is 3. The minimum atomic E-state index is -0.0326. The number of anilines is 1. The molecule has 0 unspecified atom stereocenters. The van der Waals surface area contributed by atoms with Crippen LogP contribution in [0.15, 0.2) is 48.5 Å². The number of nitrogens with zero attached hydrogens (tertiary/aromatic N) is 2. The second-order valence-corrected chi connectivity index (χ2v) is 7.20. The van der Waals surface area contributed by atoms with Crippen LogP contribution in [0.4, 0.5) is 10.5 Å². The molecule has 5 heteroatoms. The van der Waals surface area contributed by atoms with Crippen LogP contribution in [0.5, 0.6) is 5.75 Å². The number of rotatable bonds is 6. The molecule has 1 N–H and O–H groups in total. The highest BCUT2D eigenvalue weighted by molar-refractivity contribution is 5.90. The Morgan fingerprint density at radius 3 is 2.63 bits per heavy atom. The third kappa shape index (κ3) is 5.01. The molecular formula is C22H29N3O2. The first-order chi connectivity index (χ1) is 13.1. The molecule has 144 valence electrons. The third-order valence-electron chi connectivity index (χ3n) is 5.15. The van der Waals surface area contributed by atoms with Gasteiger partial charge in [-0.05, 0) is 68.2 Å². The zero-order valence-electron chi connectivity index (χ0n) is 16.4. The fraction of sp³-hybridized carbons (Fsp3) is 0.409. The van der Waals surface area contributed by atoms with Crippen molar-refractivity contribution in [2.75, 3.05) is 45.7 Å². The Balaban J connectivity index is 1.68. The van der Waals surface area contributed by atoms with Gasteiger partial charge in [-0.2, -0.15) is 0 Å². The molecule has 3 rings (SSSR count). The van der Waals surface area contributed by atoms with Crippen molar-refractivity contribution in [1.82, 2.24) is 9.80 Å². The summed E-state index contributed by atoms with van der Waals surface area (Å²) in [5, 5.41) is 3.06. The molecule has 0 saturated carbocycles. The molecule has 1 heterocycles. The highest BCUT2D eigenvalue weighted by atomic mass is 16.5. The van der Waals surface area contributed by atoms with Gasteiger partial charge in [-0.1, -0.05) is 24.3 Å². The van der Waals surface area contributed by atoms with Gasteiger partial charge < -0.3 is 19.9 Å². The number of benzene rings is 2. The molecule has 0 aliphatic carbocycles. The lowest BCUT2D eigenvalue weighted by atomic mass is 10.0. The van der Waals surface area contributed by atoms with E-state index in [0.29, 0.717) is 12.5 Å². The Labute approximate surface area is 161 Å². The second-order valence-electron chi connectivity index (χ2n) is 7.20. The maximum atomic E-state index is 12.7. The first-order valence-corrected chi connectivity index (χ1v) is 9.58. The summed E-state index contributed by atoms with van der Waals surface area (Å²) in [6.45, 7) is 5.73. The molecule has 27 heavy (non-hydrogen) atoms. The Bertz CT molecular complexity index is 778. The summed E-state index contributed by atoms with van der Waals surface area (Å²) in [4.78, 5) is 17.0. The maximum Gasteiger partial charge on any atom is 0.321 e. The average molecular weight is 367 g/mol. The fourth-order valence-electron chi connectivity index (χ4n) is 3.62. The molecule has 1 saturated heterocycles. The topological polar surface area (TPSA) is 44.8 Å². The highest BCUT2D eigenvalue weighted by Gasteiger charge is 2.23. The van der Waals surface area contributed by atoms with Crippen molar-refractivity contribution in [1.29, 1.82) is 0 Å². The Morgan fingerprint density at radius 1 is 1.22 bits per heavy atom. The lowest BCUT2D eigenvalue weighted by Crippen LogP contribution is -2.38. The molecule has 1 aliphatic rings. The van der Waals surface area contributed by atoms with E-state index >= 15 is 0 Å². The molecule has 0 aromatic heterocycles. The first-order valence-electron chi connectivity index (χ1n) is 9.58. The van der Waals surface area contributed by atoms with Crippen LogP contribution in [-0.2, 0) is 0 Å². The van der Waals surface area contributed by atoms with Crippen LogP contribution in [0.1, 0.15) is 13.3 Å². The van der Waals surface area contributed by atoms with E-state index < -0.39 is 0 Å². The SMILES string of the molecule is CCN(C[C@@H]1CCN(C)C1)C(=O)Nc1cccc(-c2cccc(OC)c2)c1. The summed E-state index contributed by atoms with van der Waals surface area (Å²) in [5.41, 5.74) is 2.92. The van der Waals surface area contributed by atoms with Crippen LogP contribution >= 0.6 is 0 Å². The van der Waals surface area contributed by atoms with Gasteiger partial charge in [0.2, 0.25) is 0 Å². The van der Waals surface area contributed by atoms with Crippen molar-refractivity contribution in [3.8, 4) is 16.9 Å². The molecule has 2 amide bonds. The number of hydrogen-bond donors (Lipinski definition) is 1. The van der Waals surface area contributed by atoms with E-state index in [0.717, 1.165) is 48.6 Å². The van der Waals surface area contributed by atoms with Gasteiger partial charge in [0, 0.05) is 25.3 Å². The smallest absolute Gasteiger partial charge is 0.321 e. The summed E-state index contributed by atoms with van der Waals surface area (Å²) >= 11 is 0. The van der Waals surface area contributed by atoms with Crippen LogP contribution in [0.25, 0.3) is 11.1 Å². The number of carbonyl (C=O) groups excluding carboxylic acids is 1. The van der Waals surface area contributed by atoms with E-state index in [1.807, 2.05) is 60.4 Å². The van der Waals surface area contributed by atoms with Crippen molar-refractivity contribution in [3.05, 3.63) is 48.5 Å². The van der Waals surface area contributed by atoms with Crippen molar-refractivity contribution >= 4 is 11.7 Å². The molecule has 1 atom stereocenters. The van der Waals surface area contributed by atoms with E-state index in [-0.39, 0.29) is 6.03 Å². The monoisotopic (exact) mass is 367 g/mol. The highest BCUT2D eigenvalue weighted by Crippen LogP contribution is 2.26. The summed E-state index contributed by atoms with van der Waals surface area (Å²) in [7, 11) is 3.80. The molecule has 1 aliphatic heterocycles. The lowest BCUT2D eigenvalue weighted by molar-refractivity contribution is 0.204. The summed E-state index contributed by atoms with van der Waals surface area (Å²) < 4.78 is 5.31. The normalized spacial score (nSPS) is 16.9. The van der Waals surface area contributed by atoms with E-state index in [2.05, 4.69) is 17.3 Å². The molecule has 0 spiro atoms. The maximum absolute atomic E-state index is 12.7. The lowest BCUT2D eigenvalue weighted by Gasteiger charge is -2.24. The van der Waals surface area contributed by atoms with Gasteiger partial charge in [0.15, 0.2) is 0 Å². The van der Waals surface area contributed by atoms with Gasteiger partial charge in [-0.15, -0.1) is 0 Å². The molecule has 0 bridgehead atoms. The molecule has 0 radical (unpaired) electrons. The van der Waals surface area contributed by atoms with Gasteiger partial charge in [-0.3, -0.25) is 0 Å². The summed E-state index contributed by atoms with van der Waals surface area (Å²) in [6, 6.07) is 15.8. The standard InChI is InChI=1S/C22H29N3O2/c1-4-25(16-17-11-12-24(2)15-17)22(26)23-20-9-5-7-18(13-20)19-8-6-10-21(14-19)27-3/h5-10,13-14,17H,4,11-12,15-16H2,1-3H3,(H,23,26)/t17-/m1/s1. The fourth-order valence-corrected chi connectivity index (χ4v) is 3.62. The van der Waals surface area contributed by atoms with Crippen LogP contribution in [-0.4, -0.2) is 56.2 Å². The molecule has 2 aromatic carbocycles. The molecule has 1 fully saturated rings. The van der Waals surface area contributed by atoms with Crippen molar-refractivity contribution in [3.63, 3.8) is 0 Å². The predicted molar refractivity (Wildman–Crippen MR) is 110 cm³/mol. The number of likely N-dealkylation sites (tertiary alicyclic amines) is 1. The second kappa shape index (κ2) is 8.91.